The van der Waals surface area contributed by atoms with Crippen molar-refractivity contribution < 1.29 is 17.9 Å². The third-order valence-electron chi connectivity index (χ3n) is 4.87. The van der Waals surface area contributed by atoms with E-state index in [1.807, 2.05) is 4.57 Å². The molecule has 0 saturated heterocycles. The van der Waals surface area contributed by atoms with Crippen LogP contribution in [0, 0.1) is 13.8 Å². The molecule has 1 heterocycles. The first-order valence-corrected chi connectivity index (χ1v) is 12.2. The van der Waals surface area contributed by atoms with Gasteiger partial charge in [-0.1, -0.05) is 36.5 Å². The Hall–Kier alpha value is -2.29. The van der Waals surface area contributed by atoms with Gasteiger partial charge in [-0.05, 0) is 48.7 Å². The Kier molecular flexibility index (Phi) is 6.90. The number of hydrogen-bond donors (Lipinski definition) is 0. The largest absolute Gasteiger partial charge is 0.383 e. The Morgan fingerprint density at radius 3 is 2.50 bits per heavy atom. The lowest BCUT2D eigenvalue weighted by Crippen LogP contribution is -2.19. The molecule has 0 spiro atoms. The van der Waals surface area contributed by atoms with Crippen LogP contribution in [0.25, 0.3) is 10.2 Å². The summed E-state index contributed by atoms with van der Waals surface area (Å²) in [5.41, 5.74) is 4.09. The van der Waals surface area contributed by atoms with E-state index < -0.39 is 9.84 Å². The van der Waals surface area contributed by atoms with Gasteiger partial charge in [-0.25, -0.2) is 8.42 Å². The summed E-state index contributed by atoms with van der Waals surface area (Å²) < 4.78 is 32.2. The molecule has 0 bridgehead atoms. The molecule has 8 heteroatoms. The maximum atomic E-state index is 12.7. The highest BCUT2D eigenvalue weighted by atomic mass is 32.2. The molecule has 1 aromatic heterocycles. The van der Waals surface area contributed by atoms with E-state index in [2.05, 4.69) is 31.0 Å². The van der Waals surface area contributed by atoms with Crippen LogP contribution in [0.4, 0.5) is 0 Å². The minimum absolute atomic E-state index is 0.0485. The number of aryl methyl sites for hydroxylation is 2. The van der Waals surface area contributed by atoms with Crippen LogP contribution in [0.5, 0.6) is 0 Å². The second kappa shape index (κ2) is 9.24. The van der Waals surface area contributed by atoms with Crippen LogP contribution >= 0.6 is 11.3 Å². The molecule has 3 rings (SSSR count). The van der Waals surface area contributed by atoms with Crippen LogP contribution < -0.4 is 4.80 Å². The number of carbonyl (C=O) groups is 1. The highest BCUT2D eigenvalue weighted by Gasteiger charge is 2.13. The van der Waals surface area contributed by atoms with Crippen molar-refractivity contribution >= 4 is 37.3 Å². The summed E-state index contributed by atoms with van der Waals surface area (Å²) in [5, 5.41) is 0. The summed E-state index contributed by atoms with van der Waals surface area (Å²) in [5.74, 6) is -0.222. The minimum Gasteiger partial charge on any atom is -0.383 e. The van der Waals surface area contributed by atoms with Crippen molar-refractivity contribution in [2.45, 2.75) is 38.6 Å². The molecule has 1 amide bonds. The summed E-state index contributed by atoms with van der Waals surface area (Å²) in [4.78, 5) is 17.9. The number of benzene rings is 2. The Balaban J connectivity index is 1.94. The number of fused-ring (bicyclic) bond motifs is 1. The number of amides is 1. The van der Waals surface area contributed by atoms with Crippen molar-refractivity contribution in [3.8, 4) is 0 Å². The predicted molar refractivity (Wildman–Crippen MR) is 120 cm³/mol. The first-order valence-electron chi connectivity index (χ1n) is 9.74. The van der Waals surface area contributed by atoms with E-state index in [1.54, 1.807) is 38.3 Å². The van der Waals surface area contributed by atoms with E-state index in [1.165, 1.54) is 11.3 Å². The fourth-order valence-electron chi connectivity index (χ4n) is 3.30. The van der Waals surface area contributed by atoms with Gasteiger partial charge in [0.25, 0.3) is 5.91 Å². The number of methoxy groups -OCH3 is 1. The van der Waals surface area contributed by atoms with Crippen LogP contribution in [0.15, 0.2) is 46.3 Å². The van der Waals surface area contributed by atoms with E-state index in [0.29, 0.717) is 18.0 Å². The van der Waals surface area contributed by atoms with E-state index in [9.17, 15) is 13.2 Å². The van der Waals surface area contributed by atoms with Gasteiger partial charge >= 0.3 is 0 Å². The fraction of sp³-hybridized carbons (Fsp3) is 0.364. The molecule has 0 radical (unpaired) electrons. The summed E-state index contributed by atoms with van der Waals surface area (Å²) in [7, 11) is -1.60. The van der Waals surface area contributed by atoms with Crippen molar-refractivity contribution in [3.05, 3.63) is 57.9 Å². The van der Waals surface area contributed by atoms with E-state index in [4.69, 9.17) is 4.74 Å². The summed E-state index contributed by atoms with van der Waals surface area (Å²) in [6.07, 6.45) is 0.114. The minimum atomic E-state index is -3.25. The maximum absolute atomic E-state index is 12.7. The first-order chi connectivity index (χ1) is 14.2. The van der Waals surface area contributed by atoms with Crippen LogP contribution in [-0.2, 0) is 32.3 Å². The second-order valence-electron chi connectivity index (χ2n) is 7.19. The number of carbonyl (C=O) groups excluding carboxylic acids is 1. The standard InChI is InChI=1S/C22H26N2O4S2/c1-5-30(26,27)18-8-6-17(7-9-18)14-20(25)23-22-24(10-11-28-4)19-13-15(2)12-16(3)21(19)29-22/h6-9,12-13H,5,10-11,14H2,1-4H3. The Labute approximate surface area is 180 Å². The topological polar surface area (TPSA) is 77.7 Å². The number of hydrogen-bond acceptors (Lipinski definition) is 5. The maximum Gasteiger partial charge on any atom is 0.252 e. The van der Waals surface area contributed by atoms with Crippen LogP contribution in [0.1, 0.15) is 23.6 Å². The monoisotopic (exact) mass is 446 g/mol. The third-order valence-corrected chi connectivity index (χ3v) is 7.85. The molecule has 0 fully saturated rings. The lowest BCUT2D eigenvalue weighted by atomic mass is 10.1. The molecule has 0 aliphatic heterocycles. The molecule has 0 N–H and O–H groups in total. The number of thiazole rings is 1. The van der Waals surface area contributed by atoms with Crippen molar-refractivity contribution in [2.24, 2.45) is 4.99 Å². The van der Waals surface area contributed by atoms with E-state index in [-0.39, 0.29) is 23.0 Å². The van der Waals surface area contributed by atoms with Crippen molar-refractivity contribution in [3.63, 3.8) is 0 Å². The molecule has 30 heavy (non-hydrogen) atoms. The van der Waals surface area contributed by atoms with Gasteiger partial charge in [-0.15, -0.1) is 0 Å². The Morgan fingerprint density at radius 1 is 1.17 bits per heavy atom. The molecule has 160 valence electrons. The van der Waals surface area contributed by atoms with Crippen molar-refractivity contribution in [1.82, 2.24) is 4.57 Å². The number of sulfone groups is 1. The molecule has 0 aliphatic carbocycles. The molecular formula is C22H26N2O4S2. The molecule has 0 atom stereocenters. The highest BCUT2D eigenvalue weighted by molar-refractivity contribution is 7.91. The number of aromatic nitrogens is 1. The smallest absolute Gasteiger partial charge is 0.252 e. The lowest BCUT2D eigenvalue weighted by Gasteiger charge is -2.06. The molecule has 0 saturated carbocycles. The second-order valence-corrected chi connectivity index (χ2v) is 10.4. The summed E-state index contributed by atoms with van der Waals surface area (Å²) >= 11 is 1.50. The number of rotatable bonds is 7. The van der Waals surface area contributed by atoms with Gasteiger partial charge in [-0.2, -0.15) is 4.99 Å². The summed E-state index contributed by atoms with van der Waals surface area (Å²) in [6, 6.07) is 10.7. The van der Waals surface area contributed by atoms with Crippen LogP contribution in [-0.4, -0.2) is 38.4 Å². The van der Waals surface area contributed by atoms with Gasteiger partial charge in [0.05, 0.1) is 33.9 Å². The van der Waals surface area contributed by atoms with Gasteiger partial charge in [-0.3, -0.25) is 4.79 Å². The van der Waals surface area contributed by atoms with Crippen LogP contribution in [0.2, 0.25) is 0 Å². The average Bonchev–Trinajstić information content (AvgIpc) is 3.04. The zero-order chi connectivity index (χ0) is 21.9. The quantitative estimate of drug-likeness (QED) is 0.557. The third kappa shape index (κ3) is 4.88. The SMILES string of the molecule is CCS(=O)(=O)c1ccc(CC(=O)N=c2sc3c(C)cc(C)cc3n2CCOC)cc1. The van der Waals surface area contributed by atoms with Crippen LogP contribution in [0.3, 0.4) is 0 Å². The number of ether oxygens (including phenoxy) is 1. The van der Waals surface area contributed by atoms with Gasteiger partial charge < -0.3 is 9.30 Å². The number of nitrogens with zero attached hydrogens (tertiary/aromatic N) is 2. The average molecular weight is 447 g/mol. The molecular weight excluding hydrogens is 420 g/mol. The molecule has 6 nitrogen and oxygen atoms in total. The first kappa shape index (κ1) is 22.4. The Bertz CT molecular complexity index is 1240. The molecule has 0 unspecified atom stereocenters. The van der Waals surface area contributed by atoms with Gasteiger partial charge in [0.2, 0.25) is 0 Å². The highest BCUT2D eigenvalue weighted by Crippen LogP contribution is 2.23. The zero-order valence-electron chi connectivity index (χ0n) is 17.6. The van der Waals surface area contributed by atoms with Gasteiger partial charge in [0, 0.05) is 13.7 Å². The Morgan fingerprint density at radius 2 is 1.87 bits per heavy atom. The predicted octanol–water partition coefficient (Wildman–Crippen LogP) is 3.43. The van der Waals surface area contributed by atoms with Crippen molar-refractivity contribution in [2.75, 3.05) is 19.5 Å². The van der Waals surface area contributed by atoms with E-state index >= 15 is 0 Å². The molecule has 0 aliphatic rings. The molecule has 2 aromatic carbocycles. The fourth-order valence-corrected chi connectivity index (χ4v) is 5.31. The zero-order valence-corrected chi connectivity index (χ0v) is 19.3. The van der Waals surface area contributed by atoms with E-state index in [0.717, 1.165) is 26.9 Å². The molecule has 3 aromatic rings. The summed E-state index contributed by atoms with van der Waals surface area (Å²) in [6.45, 7) is 6.85. The normalized spacial score (nSPS) is 12.6. The van der Waals surface area contributed by atoms with Gasteiger partial charge in [0.15, 0.2) is 14.6 Å². The lowest BCUT2D eigenvalue weighted by molar-refractivity contribution is -0.117. The van der Waals surface area contributed by atoms with Gasteiger partial charge in [0.1, 0.15) is 0 Å². The van der Waals surface area contributed by atoms with Crippen molar-refractivity contribution in [1.29, 1.82) is 0 Å².